The van der Waals surface area contributed by atoms with Crippen LogP contribution in [0.15, 0.2) is 35.6 Å². The van der Waals surface area contributed by atoms with Gasteiger partial charge in [-0.2, -0.15) is 13.2 Å². The maximum atomic E-state index is 12.6. The molecule has 0 saturated carbocycles. The quantitative estimate of drug-likeness (QED) is 0.856. The zero-order chi connectivity index (χ0) is 16.4. The number of aromatic nitrogens is 2. The third-order valence-corrected chi connectivity index (χ3v) is 4.81. The molecule has 1 N–H and O–H groups in total. The van der Waals surface area contributed by atoms with Gasteiger partial charge in [0.1, 0.15) is 0 Å². The number of fused-ring (bicyclic) bond motifs is 1. The molecule has 1 aliphatic rings. The van der Waals surface area contributed by atoms with E-state index < -0.39 is 11.7 Å². The second kappa shape index (κ2) is 6.57. The van der Waals surface area contributed by atoms with Crippen LogP contribution in [0, 0.1) is 0 Å². The molecule has 3 rings (SSSR count). The fourth-order valence-electron chi connectivity index (χ4n) is 2.91. The Kier molecular flexibility index (Phi) is 4.68. The normalized spacial score (nSPS) is 18.0. The Morgan fingerprint density at radius 1 is 1.30 bits per heavy atom. The highest BCUT2D eigenvalue weighted by Gasteiger charge is 2.30. The van der Waals surface area contributed by atoms with E-state index >= 15 is 0 Å². The smallest absolute Gasteiger partial charge is 0.320 e. The summed E-state index contributed by atoms with van der Waals surface area (Å²) in [4.78, 5) is 4.42. The number of nitrogens with zero attached hydrogens (tertiary/aromatic N) is 2. The number of nitrogens with one attached hydrogen (secondary N) is 1. The number of halogens is 3. The zero-order valence-corrected chi connectivity index (χ0v) is 13.5. The summed E-state index contributed by atoms with van der Waals surface area (Å²) < 4.78 is 39.9. The molecule has 7 heteroatoms. The van der Waals surface area contributed by atoms with Gasteiger partial charge in [-0.15, -0.1) is 0 Å². The number of aryl methyl sites for hydroxylation is 1. The van der Waals surface area contributed by atoms with Crippen LogP contribution in [0.4, 0.5) is 13.2 Å². The number of rotatable bonds is 4. The molecule has 0 amide bonds. The molecule has 1 aromatic heterocycles. The van der Waals surface area contributed by atoms with Crippen LogP contribution in [-0.4, -0.2) is 22.4 Å². The third-order valence-electron chi connectivity index (χ3n) is 4.12. The van der Waals surface area contributed by atoms with E-state index in [1.807, 2.05) is 12.5 Å². The molecule has 3 nitrogen and oxygen atoms in total. The summed E-state index contributed by atoms with van der Waals surface area (Å²) >= 11 is 1.63. The zero-order valence-electron chi connectivity index (χ0n) is 12.7. The SMILES string of the molecule is CSc1ncc2n1CCNC2CCc1ccc(C(F)(F)F)cc1. The molecule has 1 aromatic carbocycles. The molecule has 0 spiro atoms. The van der Waals surface area contributed by atoms with Gasteiger partial charge < -0.3 is 9.88 Å². The summed E-state index contributed by atoms with van der Waals surface area (Å²) in [6.07, 6.45) is 1.20. The molecule has 0 saturated heterocycles. The van der Waals surface area contributed by atoms with Crippen molar-refractivity contribution in [1.82, 2.24) is 14.9 Å². The number of imidazole rings is 1. The summed E-state index contributed by atoms with van der Waals surface area (Å²) in [5.41, 5.74) is 1.48. The Morgan fingerprint density at radius 2 is 2.04 bits per heavy atom. The lowest BCUT2D eigenvalue weighted by molar-refractivity contribution is -0.137. The lowest BCUT2D eigenvalue weighted by atomic mass is 10.0. The fourth-order valence-corrected chi connectivity index (χ4v) is 3.49. The molecule has 1 aliphatic heterocycles. The summed E-state index contributed by atoms with van der Waals surface area (Å²) in [5.74, 6) is 0. The van der Waals surface area contributed by atoms with Gasteiger partial charge in [-0.05, 0) is 36.8 Å². The summed E-state index contributed by atoms with van der Waals surface area (Å²) in [7, 11) is 0. The molecule has 0 fully saturated rings. The van der Waals surface area contributed by atoms with Crippen molar-refractivity contribution in [3.05, 3.63) is 47.3 Å². The maximum absolute atomic E-state index is 12.6. The molecule has 0 bridgehead atoms. The third kappa shape index (κ3) is 3.55. The van der Waals surface area contributed by atoms with E-state index in [1.165, 1.54) is 0 Å². The number of hydrogen-bond acceptors (Lipinski definition) is 3. The van der Waals surface area contributed by atoms with Crippen LogP contribution < -0.4 is 5.32 Å². The summed E-state index contributed by atoms with van der Waals surface area (Å²) in [5, 5.41) is 4.48. The van der Waals surface area contributed by atoms with Gasteiger partial charge in [0.2, 0.25) is 0 Å². The Balaban J connectivity index is 1.67. The molecular formula is C16H18F3N3S. The van der Waals surface area contributed by atoms with E-state index in [1.54, 1.807) is 23.9 Å². The van der Waals surface area contributed by atoms with Crippen molar-refractivity contribution in [2.45, 2.75) is 36.8 Å². The average molecular weight is 341 g/mol. The van der Waals surface area contributed by atoms with Crippen LogP contribution in [-0.2, 0) is 19.1 Å². The minimum Gasteiger partial charge on any atom is -0.320 e. The second-order valence-corrected chi connectivity index (χ2v) is 6.33. The largest absolute Gasteiger partial charge is 0.416 e. The number of thioether (sulfide) groups is 1. The van der Waals surface area contributed by atoms with Crippen molar-refractivity contribution >= 4 is 11.8 Å². The number of benzene rings is 1. The lowest BCUT2D eigenvalue weighted by Gasteiger charge is -2.26. The van der Waals surface area contributed by atoms with Crippen molar-refractivity contribution in [2.24, 2.45) is 0 Å². The number of hydrogen-bond donors (Lipinski definition) is 1. The highest BCUT2D eigenvalue weighted by molar-refractivity contribution is 7.98. The molecule has 0 aliphatic carbocycles. The number of alkyl halides is 3. The standard InChI is InChI=1S/C16H18F3N3S/c1-23-15-21-10-14-13(20-8-9-22(14)15)7-4-11-2-5-12(6-3-11)16(17,18)19/h2-3,5-6,10,13,20H,4,7-9H2,1H3. The van der Waals surface area contributed by atoms with E-state index in [0.29, 0.717) is 0 Å². The monoisotopic (exact) mass is 341 g/mol. The molecule has 0 radical (unpaired) electrons. The first kappa shape index (κ1) is 16.4. The Labute approximate surface area is 137 Å². The Bertz CT molecular complexity index is 664. The minimum absolute atomic E-state index is 0.194. The second-order valence-electron chi connectivity index (χ2n) is 5.56. The minimum atomic E-state index is -4.27. The first-order valence-electron chi connectivity index (χ1n) is 7.48. The van der Waals surface area contributed by atoms with Crippen LogP contribution >= 0.6 is 11.8 Å². The van der Waals surface area contributed by atoms with Gasteiger partial charge in [0, 0.05) is 19.1 Å². The Hall–Kier alpha value is -1.47. The van der Waals surface area contributed by atoms with Gasteiger partial charge in [-0.25, -0.2) is 4.98 Å². The summed E-state index contributed by atoms with van der Waals surface area (Å²) in [6, 6.07) is 5.63. The molecule has 1 atom stereocenters. The van der Waals surface area contributed by atoms with E-state index in [9.17, 15) is 13.2 Å². The highest BCUT2D eigenvalue weighted by Crippen LogP contribution is 2.30. The van der Waals surface area contributed by atoms with Crippen LogP contribution in [0.5, 0.6) is 0 Å². The molecule has 1 unspecified atom stereocenters. The topological polar surface area (TPSA) is 29.9 Å². The van der Waals surface area contributed by atoms with E-state index in [2.05, 4.69) is 14.9 Å². The first-order valence-corrected chi connectivity index (χ1v) is 8.70. The van der Waals surface area contributed by atoms with Crippen LogP contribution in [0.1, 0.15) is 29.3 Å². The van der Waals surface area contributed by atoms with Crippen molar-refractivity contribution in [3.8, 4) is 0 Å². The molecular weight excluding hydrogens is 323 g/mol. The predicted octanol–water partition coefficient (Wildman–Crippen LogP) is 3.90. The van der Waals surface area contributed by atoms with Gasteiger partial charge in [0.05, 0.1) is 17.5 Å². The lowest BCUT2D eigenvalue weighted by Crippen LogP contribution is -2.33. The first-order chi connectivity index (χ1) is 11.0. The molecule has 2 aromatic rings. The predicted molar refractivity (Wildman–Crippen MR) is 84.5 cm³/mol. The van der Waals surface area contributed by atoms with Gasteiger partial charge in [-0.3, -0.25) is 0 Å². The molecule has 2 heterocycles. The van der Waals surface area contributed by atoms with E-state index in [4.69, 9.17) is 0 Å². The van der Waals surface area contributed by atoms with E-state index in [-0.39, 0.29) is 6.04 Å². The maximum Gasteiger partial charge on any atom is 0.416 e. The fraction of sp³-hybridized carbons (Fsp3) is 0.438. The highest BCUT2D eigenvalue weighted by atomic mass is 32.2. The van der Waals surface area contributed by atoms with Crippen molar-refractivity contribution in [1.29, 1.82) is 0 Å². The Morgan fingerprint density at radius 3 is 2.70 bits per heavy atom. The van der Waals surface area contributed by atoms with E-state index in [0.717, 1.165) is 54.5 Å². The van der Waals surface area contributed by atoms with Gasteiger partial charge in [-0.1, -0.05) is 23.9 Å². The van der Waals surface area contributed by atoms with Crippen molar-refractivity contribution in [2.75, 3.05) is 12.8 Å². The van der Waals surface area contributed by atoms with Crippen molar-refractivity contribution < 1.29 is 13.2 Å². The van der Waals surface area contributed by atoms with Gasteiger partial charge in [0.15, 0.2) is 5.16 Å². The average Bonchev–Trinajstić information content (AvgIpc) is 2.96. The van der Waals surface area contributed by atoms with Crippen LogP contribution in [0.25, 0.3) is 0 Å². The molecule has 23 heavy (non-hydrogen) atoms. The van der Waals surface area contributed by atoms with Gasteiger partial charge >= 0.3 is 6.18 Å². The van der Waals surface area contributed by atoms with Gasteiger partial charge in [0.25, 0.3) is 0 Å². The van der Waals surface area contributed by atoms with Crippen LogP contribution in [0.3, 0.4) is 0 Å². The van der Waals surface area contributed by atoms with Crippen LogP contribution in [0.2, 0.25) is 0 Å². The molecule has 124 valence electrons. The summed E-state index contributed by atoms with van der Waals surface area (Å²) in [6.45, 7) is 1.79. The van der Waals surface area contributed by atoms with Crippen molar-refractivity contribution in [3.63, 3.8) is 0 Å².